The highest BCUT2D eigenvalue weighted by atomic mass is 19.3. The summed E-state index contributed by atoms with van der Waals surface area (Å²) in [6, 6.07) is 3.27. The van der Waals surface area contributed by atoms with Gasteiger partial charge in [-0.2, -0.15) is 0 Å². The molecule has 3 atom stereocenters. The SMILES string of the molecule is CC(OC(=O)OC1CCCCC1)Oc1cc(F)c(-c2cc(Cn3cnc4c(N)ncnc43)c(N3CCC[C@](N)([C@H](O)C(F)F)C3)cn2)cc1F. The average molecular weight is 703 g/mol. The summed E-state index contributed by atoms with van der Waals surface area (Å²) in [7, 11) is 0. The first-order valence-electron chi connectivity index (χ1n) is 16.4. The van der Waals surface area contributed by atoms with E-state index in [4.69, 9.17) is 25.7 Å². The average Bonchev–Trinajstić information content (AvgIpc) is 3.50. The number of ether oxygens (including phenoxy) is 3. The number of nitrogens with two attached hydrogens (primary N) is 2. The van der Waals surface area contributed by atoms with E-state index in [-0.39, 0.29) is 42.7 Å². The summed E-state index contributed by atoms with van der Waals surface area (Å²) in [5.74, 6) is -2.15. The lowest BCUT2D eigenvalue weighted by Gasteiger charge is -2.44. The van der Waals surface area contributed by atoms with Gasteiger partial charge in [0.15, 0.2) is 23.0 Å². The Hall–Kier alpha value is -4.77. The number of piperidine rings is 1. The van der Waals surface area contributed by atoms with Gasteiger partial charge in [0.1, 0.15) is 29.9 Å². The van der Waals surface area contributed by atoms with Crippen LogP contribution < -0.4 is 21.1 Å². The molecule has 268 valence electrons. The van der Waals surface area contributed by atoms with Gasteiger partial charge in [-0.25, -0.2) is 37.3 Å². The molecule has 50 heavy (non-hydrogen) atoms. The second kappa shape index (κ2) is 14.6. The Morgan fingerprint density at radius 2 is 1.86 bits per heavy atom. The number of halogens is 4. The van der Waals surface area contributed by atoms with Gasteiger partial charge in [0.05, 0.1) is 36.0 Å². The smallest absolute Gasteiger partial charge is 0.452 e. The van der Waals surface area contributed by atoms with E-state index in [0.29, 0.717) is 35.4 Å². The van der Waals surface area contributed by atoms with Crippen LogP contribution in [-0.2, 0) is 16.0 Å². The van der Waals surface area contributed by atoms with E-state index in [2.05, 4.69) is 19.9 Å². The molecule has 13 nitrogen and oxygen atoms in total. The van der Waals surface area contributed by atoms with Crippen LogP contribution in [0.1, 0.15) is 57.4 Å². The molecule has 1 unspecified atom stereocenters. The third-order valence-electron chi connectivity index (χ3n) is 9.13. The molecule has 1 aliphatic carbocycles. The molecule has 17 heteroatoms. The summed E-state index contributed by atoms with van der Waals surface area (Å²) in [5.41, 5.74) is 12.3. The number of hydrogen-bond acceptors (Lipinski definition) is 12. The molecule has 1 saturated heterocycles. The number of hydrogen-bond donors (Lipinski definition) is 3. The standard InChI is InChI=1S/C33H38F4N8O5/c1-18(49-32(47)50-20-6-3-2-4-7-20)48-26-12-22(34)21(11-23(26)35)24-10-19(14-45-17-43-27-30(38)41-16-42-31(27)45)25(13-40-24)44-9-5-8-33(39,15-44)28(46)29(36)37/h10-13,16-18,20,28-29,46H,2-9,14-15,39H2,1H3,(H2,38,41,42)/t18?,28-,33-/m1/s1. The predicted molar refractivity (Wildman–Crippen MR) is 173 cm³/mol. The van der Waals surface area contributed by atoms with Crippen molar-refractivity contribution in [1.82, 2.24) is 24.5 Å². The normalized spacial score (nSPS) is 19.8. The van der Waals surface area contributed by atoms with Crippen LogP contribution in [0.3, 0.4) is 0 Å². The minimum Gasteiger partial charge on any atom is -0.452 e. The Balaban J connectivity index is 1.28. The van der Waals surface area contributed by atoms with Crippen molar-refractivity contribution in [2.24, 2.45) is 5.73 Å². The molecule has 0 bridgehead atoms. The lowest BCUT2D eigenvalue weighted by Crippen LogP contribution is -2.63. The summed E-state index contributed by atoms with van der Waals surface area (Å²) in [4.78, 5) is 30.9. The maximum absolute atomic E-state index is 15.6. The second-order valence-corrected chi connectivity index (χ2v) is 12.7. The first kappa shape index (κ1) is 35.1. The van der Waals surface area contributed by atoms with Crippen LogP contribution in [0.15, 0.2) is 37.1 Å². The largest absolute Gasteiger partial charge is 0.511 e. The van der Waals surface area contributed by atoms with Crippen LogP contribution in [0, 0.1) is 11.6 Å². The van der Waals surface area contributed by atoms with Crippen LogP contribution in [0.25, 0.3) is 22.4 Å². The fraction of sp³-hybridized carbons (Fsp3) is 0.485. The lowest BCUT2D eigenvalue weighted by molar-refractivity contribution is -0.0695. The Morgan fingerprint density at radius 1 is 1.08 bits per heavy atom. The first-order valence-corrected chi connectivity index (χ1v) is 16.4. The minimum absolute atomic E-state index is 0.0502. The zero-order valence-corrected chi connectivity index (χ0v) is 27.3. The number of alkyl halides is 2. The molecule has 3 aromatic heterocycles. The van der Waals surface area contributed by atoms with Gasteiger partial charge in [0.2, 0.25) is 6.29 Å². The summed E-state index contributed by atoms with van der Waals surface area (Å²) in [5, 5.41) is 10.3. The summed E-state index contributed by atoms with van der Waals surface area (Å²) >= 11 is 0. The number of nitrogens with zero attached hydrogens (tertiary/aromatic N) is 6. The molecule has 0 spiro atoms. The van der Waals surface area contributed by atoms with Crippen molar-refractivity contribution in [3.8, 4) is 17.0 Å². The van der Waals surface area contributed by atoms with Crippen molar-refractivity contribution in [3.63, 3.8) is 0 Å². The number of pyridine rings is 1. The zero-order valence-electron chi connectivity index (χ0n) is 27.3. The lowest BCUT2D eigenvalue weighted by atomic mass is 9.84. The quantitative estimate of drug-likeness (QED) is 0.116. The van der Waals surface area contributed by atoms with E-state index in [1.54, 1.807) is 9.47 Å². The van der Waals surface area contributed by atoms with Gasteiger partial charge >= 0.3 is 6.16 Å². The number of rotatable bonds is 10. The molecule has 6 rings (SSSR count). The van der Waals surface area contributed by atoms with Gasteiger partial charge in [0.25, 0.3) is 6.43 Å². The number of anilines is 2. The summed E-state index contributed by atoms with van der Waals surface area (Å²) < 4.78 is 75.6. The van der Waals surface area contributed by atoms with Crippen LogP contribution in [0.2, 0.25) is 0 Å². The molecule has 1 saturated carbocycles. The number of fused-ring (bicyclic) bond motifs is 1. The van der Waals surface area contributed by atoms with Gasteiger partial charge < -0.3 is 40.3 Å². The van der Waals surface area contributed by atoms with Crippen molar-refractivity contribution in [1.29, 1.82) is 0 Å². The predicted octanol–water partition coefficient (Wildman–Crippen LogP) is 4.93. The molecular weight excluding hydrogens is 664 g/mol. The van der Waals surface area contributed by atoms with Gasteiger partial charge in [-0.15, -0.1) is 0 Å². The minimum atomic E-state index is -3.04. The van der Waals surface area contributed by atoms with E-state index in [9.17, 15) is 18.7 Å². The fourth-order valence-corrected chi connectivity index (χ4v) is 6.56. The highest BCUT2D eigenvalue weighted by Gasteiger charge is 2.43. The molecule has 1 aromatic carbocycles. The van der Waals surface area contributed by atoms with Gasteiger partial charge in [-0.1, -0.05) is 6.42 Å². The van der Waals surface area contributed by atoms with Crippen molar-refractivity contribution >= 4 is 28.8 Å². The van der Waals surface area contributed by atoms with Crippen molar-refractivity contribution < 1.29 is 41.7 Å². The maximum Gasteiger partial charge on any atom is 0.511 e. The van der Waals surface area contributed by atoms with Crippen LogP contribution >= 0.6 is 0 Å². The number of aliphatic hydroxyl groups is 1. The number of carbonyl (C=O) groups excluding carboxylic acids is 1. The third-order valence-corrected chi connectivity index (χ3v) is 9.13. The molecule has 2 aliphatic rings. The fourth-order valence-electron chi connectivity index (χ4n) is 6.56. The van der Waals surface area contributed by atoms with E-state index in [1.807, 2.05) is 0 Å². The molecule has 2 fully saturated rings. The molecule has 1 aliphatic heterocycles. The number of nitrogen functional groups attached to an aromatic ring is 1. The Bertz CT molecular complexity index is 1840. The Kier molecular flexibility index (Phi) is 10.2. The Labute approximate surface area is 284 Å². The van der Waals surface area contributed by atoms with E-state index in [0.717, 1.165) is 44.2 Å². The van der Waals surface area contributed by atoms with Crippen molar-refractivity contribution in [2.45, 2.75) is 88.9 Å². The zero-order chi connectivity index (χ0) is 35.6. The second-order valence-electron chi connectivity index (χ2n) is 12.7. The molecule has 4 aromatic rings. The molecule has 4 heterocycles. The van der Waals surface area contributed by atoms with Crippen LogP contribution in [0.5, 0.6) is 5.75 Å². The summed E-state index contributed by atoms with van der Waals surface area (Å²) in [6.45, 7) is 1.73. The van der Waals surface area contributed by atoms with Crippen molar-refractivity contribution in [2.75, 3.05) is 23.7 Å². The van der Waals surface area contributed by atoms with Gasteiger partial charge in [-0.3, -0.25) is 4.98 Å². The van der Waals surface area contributed by atoms with E-state index >= 15 is 8.78 Å². The van der Waals surface area contributed by atoms with E-state index in [1.165, 1.54) is 31.8 Å². The third kappa shape index (κ3) is 7.52. The molecule has 0 amide bonds. The Morgan fingerprint density at radius 3 is 2.62 bits per heavy atom. The summed E-state index contributed by atoms with van der Waals surface area (Å²) in [6.07, 6.45) is 1.60. The first-order chi connectivity index (χ1) is 23.9. The number of carbonyl (C=O) groups is 1. The number of imidazole rings is 1. The molecular formula is C33H38F4N8O5. The topological polar surface area (TPSA) is 177 Å². The number of aliphatic hydroxyl groups excluding tert-OH is 1. The van der Waals surface area contributed by atoms with Crippen molar-refractivity contribution in [3.05, 3.63) is 54.2 Å². The highest BCUT2D eigenvalue weighted by molar-refractivity contribution is 5.81. The van der Waals surface area contributed by atoms with Gasteiger partial charge in [0, 0.05) is 31.6 Å². The maximum atomic E-state index is 15.6. The monoisotopic (exact) mass is 702 g/mol. The molecule has 5 N–H and O–H groups in total. The van der Waals surface area contributed by atoms with Crippen LogP contribution in [-0.4, -0.2) is 79.3 Å². The molecule has 0 radical (unpaired) electrons. The highest BCUT2D eigenvalue weighted by Crippen LogP contribution is 2.35. The number of aromatic nitrogens is 5. The van der Waals surface area contributed by atoms with E-state index < -0.39 is 47.9 Å². The van der Waals surface area contributed by atoms with Crippen LogP contribution in [0.4, 0.5) is 33.9 Å². The number of benzene rings is 1. The van der Waals surface area contributed by atoms with Gasteiger partial charge in [-0.05, 0) is 56.2 Å².